The van der Waals surface area contributed by atoms with E-state index in [1.54, 1.807) is 0 Å². The van der Waals surface area contributed by atoms with Crippen LogP contribution >= 0.6 is 0 Å². The molecule has 0 atom stereocenters. The normalized spacial score (nSPS) is 11.2. The number of aromatic hydroxyl groups is 1. The third-order valence-electron chi connectivity index (χ3n) is 3.73. The zero-order valence-electron chi connectivity index (χ0n) is 11.8. The van der Waals surface area contributed by atoms with E-state index in [1.165, 1.54) is 10.9 Å². The molecule has 0 heterocycles. The summed E-state index contributed by atoms with van der Waals surface area (Å²) < 4.78 is 0. The Hall–Kier alpha value is -2.28. The van der Waals surface area contributed by atoms with Crippen LogP contribution in [-0.4, -0.2) is 5.11 Å². The molecule has 1 heteroatoms. The van der Waals surface area contributed by atoms with Crippen LogP contribution in [0, 0.1) is 0 Å². The molecule has 0 aromatic heterocycles. The van der Waals surface area contributed by atoms with Crippen LogP contribution in [0.3, 0.4) is 0 Å². The average molecular weight is 262 g/mol. The van der Waals surface area contributed by atoms with Gasteiger partial charge in [-0.2, -0.15) is 0 Å². The number of hydrogen-bond acceptors (Lipinski definition) is 1. The third-order valence-corrected chi connectivity index (χ3v) is 3.73. The van der Waals surface area contributed by atoms with Gasteiger partial charge in [0.15, 0.2) is 0 Å². The molecule has 0 saturated heterocycles. The van der Waals surface area contributed by atoms with Crippen molar-refractivity contribution in [2.75, 3.05) is 0 Å². The summed E-state index contributed by atoms with van der Waals surface area (Å²) in [6, 6.07) is 20.6. The number of phenolic OH excluding ortho intramolecular Hbond substituents is 1. The second kappa shape index (κ2) is 5.01. The van der Waals surface area contributed by atoms with E-state index in [0.717, 1.165) is 16.5 Å². The lowest BCUT2D eigenvalue weighted by molar-refractivity contribution is 0.466. The molecule has 0 aliphatic heterocycles. The molecule has 100 valence electrons. The molecule has 20 heavy (non-hydrogen) atoms. The van der Waals surface area contributed by atoms with Crippen molar-refractivity contribution >= 4 is 10.8 Å². The summed E-state index contributed by atoms with van der Waals surface area (Å²) in [5.74, 6) is 0.704. The minimum atomic E-state index is 0.319. The first-order valence-corrected chi connectivity index (χ1v) is 6.98. The van der Waals surface area contributed by atoms with Crippen molar-refractivity contribution in [2.24, 2.45) is 0 Å². The molecule has 3 aromatic carbocycles. The second-order valence-electron chi connectivity index (χ2n) is 5.46. The largest absolute Gasteiger partial charge is 0.508 e. The number of phenols is 1. The van der Waals surface area contributed by atoms with E-state index in [9.17, 15) is 5.11 Å². The van der Waals surface area contributed by atoms with Crippen molar-refractivity contribution in [1.29, 1.82) is 0 Å². The van der Waals surface area contributed by atoms with E-state index in [2.05, 4.69) is 50.2 Å². The van der Waals surface area contributed by atoms with Gasteiger partial charge >= 0.3 is 0 Å². The fourth-order valence-electron chi connectivity index (χ4n) is 2.66. The Kier molecular flexibility index (Phi) is 3.19. The van der Waals surface area contributed by atoms with Crippen molar-refractivity contribution in [2.45, 2.75) is 19.8 Å². The molecular formula is C19H18O. The molecular weight excluding hydrogens is 244 g/mol. The maximum atomic E-state index is 10.3. The fourth-order valence-corrected chi connectivity index (χ4v) is 2.66. The molecule has 0 spiro atoms. The molecule has 3 aromatic rings. The molecule has 0 fully saturated rings. The van der Waals surface area contributed by atoms with Crippen molar-refractivity contribution < 1.29 is 5.11 Å². The van der Waals surface area contributed by atoms with Crippen LogP contribution in [0.2, 0.25) is 0 Å². The first kappa shape index (κ1) is 12.7. The molecule has 0 amide bonds. The van der Waals surface area contributed by atoms with Gasteiger partial charge < -0.3 is 5.11 Å². The molecule has 3 rings (SSSR count). The minimum absolute atomic E-state index is 0.319. The zero-order valence-corrected chi connectivity index (χ0v) is 11.8. The van der Waals surface area contributed by atoms with Crippen LogP contribution in [0.1, 0.15) is 25.3 Å². The molecule has 0 radical (unpaired) electrons. The lowest BCUT2D eigenvalue weighted by atomic mass is 9.93. The summed E-state index contributed by atoms with van der Waals surface area (Å²) >= 11 is 0. The number of hydrogen-bond donors (Lipinski definition) is 1. The third kappa shape index (κ3) is 2.16. The Morgan fingerprint density at radius 2 is 1.60 bits per heavy atom. The number of fused-ring (bicyclic) bond motifs is 1. The van der Waals surface area contributed by atoms with Crippen LogP contribution < -0.4 is 0 Å². The highest BCUT2D eigenvalue weighted by Crippen LogP contribution is 2.35. The van der Waals surface area contributed by atoms with Gasteiger partial charge in [0.25, 0.3) is 0 Å². The summed E-state index contributed by atoms with van der Waals surface area (Å²) in [7, 11) is 0. The van der Waals surface area contributed by atoms with Gasteiger partial charge in [0.2, 0.25) is 0 Å². The predicted octanol–water partition coefficient (Wildman–Crippen LogP) is 5.34. The standard InChI is InChI=1S/C19H18O/c1-13(2)17-11-15-9-6-10-16(18(15)12-19(17)20)14-7-4-3-5-8-14/h3-13,20H,1-2H3. The summed E-state index contributed by atoms with van der Waals surface area (Å²) in [5, 5.41) is 12.5. The van der Waals surface area contributed by atoms with Crippen molar-refractivity contribution in [3.05, 3.63) is 66.2 Å². The quantitative estimate of drug-likeness (QED) is 0.661. The smallest absolute Gasteiger partial charge is 0.119 e. The van der Waals surface area contributed by atoms with Gasteiger partial charge in [-0.05, 0) is 45.5 Å². The Morgan fingerprint density at radius 1 is 0.850 bits per heavy atom. The molecule has 0 unspecified atom stereocenters. The van der Waals surface area contributed by atoms with Gasteiger partial charge in [0.05, 0.1) is 0 Å². The van der Waals surface area contributed by atoms with Gasteiger partial charge in [-0.3, -0.25) is 0 Å². The first-order valence-electron chi connectivity index (χ1n) is 6.98. The fraction of sp³-hybridized carbons (Fsp3) is 0.158. The molecule has 0 aliphatic carbocycles. The SMILES string of the molecule is CC(C)c1cc2cccc(-c3ccccc3)c2cc1O. The lowest BCUT2D eigenvalue weighted by Gasteiger charge is -2.13. The summed E-state index contributed by atoms with van der Waals surface area (Å²) in [6.07, 6.45) is 0. The Morgan fingerprint density at radius 3 is 2.30 bits per heavy atom. The molecule has 0 aliphatic rings. The van der Waals surface area contributed by atoms with E-state index in [0.29, 0.717) is 11.7 Å². The second-order valence-corrected chi connectivity index (χ2v) is 5.46. The number of benzene rings is 3. The highest BCUT2D eigenvalue weighted by molar-refractivity contribution is 5.98. The summed E-state index contributed by atoms with van der Waals surface area (Å²) in [4.78, 5) is 0. The highest BCUT2D eigenvalue weighted by atomic mass is 16.3. The van der Waals surface area contributed by atoms with Gasteiger partial charge in [0.1, 0.15) is 5.75 Å². The van der Waals surface area contributed by atoms with Crippen LogP contribution in [0.5, 0.6) is 5.75 Å². The molecule has 0 bridgehead atoms. The maximum absolute atomic E-state index is 10.3. The van der Waals surface area contributed by atoms with E-state index < -0.39 is 0 Å². The van der Waals surface area contributed by atoms with Crippen LogP contribution in [0.25, 0.3) is 21.9 Å². The highest BCUT2D eigenvalue weighted by Gasteiger charge is 2.10. The van der Waals surface area contributed by atoms with E-state index >= 15 is 0 Å². The monoisotopic (exact) mass is 262 g/mol. The van der Waals surface area contributed by atoms with E-state index in [1.807, 2.05) is 24.3 Å². The minimum Gasteiger partial charge on any atom is -0.508 e. The maximum Gasteiger partial charge on any atom is 0.119 e. The molecule has 1 nitrogen and oxygen atoms in total. The zero-order chi connectivity index (χ0) is 14.1. The predicted molar refractivity (Wildman–Crippen MR) is 85.1 cm³/mol. The van der Waals surface area contributed by atoms with Gasteiger partial charge in [0, 0.05) is 0 Å². The van der Waals surface area contributed by atoms with Gasteiger partial charge in [-0.15, -0.1) is 0 Å². The van der Waals surface area contributed by atoms with Crippen molar-refractivity contribution in [3.8, 4) is 16.9 Å². The van der Waals surface area contributed by atoms with Gasteiger partial charge in [-0.1, -0.05) is 62.4 Å². The number of rotatable bonds is 2. The lowest BCUT2D eigenvalue weighted by Crippen LogP contribution is -1.90. The molecule has 1 N–H and O–H groups in total. The Balaban J connectivity index is 2.28. The van der Waals surface area contributed by atoms with Crippen LogP contribution in [-0.2, 0) is 0 Å². The van der Waals surface area contributed by atoms with E-state index in [-0.39, 0.29) is 0 Å². The van der Waals surface area contributed by atoms with Crippen molar-refractivity contribution in [1.82, 2.24) is 0 Å². The summed E-state index contributed by atoms with van der Waals surface area (Å²) in [6.45, 7) is 4.20. The summed E-state index contributed by atoms with van der Waals surface area (Å²) in [5.41, 5.74) is 3.34. The first-order chi connectivity index (χ1) is 9.66. The average Bonchev–Trinajstić information content (AvgIpc) is 2.46. The Labute approximate surface area is 119 Å². The van der Waals surface area contributed by atoms with Crippen LogP contribution in [0.15, 0.2) is 60.7 Å². The van der Waals surface area contributed by atoms with E-state index in [4.69, 9.17) is 0 Å². The van der Waals surface area contributed by atoms with Crippen molar-refractivity contribution in [3.63, 3.8) is 0 Å². The van der Waals surface area contributed by atoms with Crippen LogP contribution in [0.4, 0.5) is 0 Å². The molecule has 0 saturated carbocycles. The van der Waals surface area contributed by atoms with Gasteiger partial charge in [-0.25, -0.2) is 0 Å². The Bertz CT molecular complexity index is 742. The topological polar surface area (TPSA) is 20.2 Å².